The highest BCUT2D eigenvalue weighted by molar-refractivity contribution is 7.89. The second-order valence-electron chi connectivity index (χ2n) is 6.70. The van der Waals surface area contributed by atoms with Gasteiger partial charge in [0, 0.05) is 13.1 Å². The zero-order valence-electron chi connectivity index (χ0n) is 14.3. The van der Waals surface area contributed by atoms with Crippen LogP contribution < -0.4 is 5.32 Å². The van der Waals surface area contributed by atoms with Crippen LogP contribution >= 0.6 is 0 Å². The molecule has 2 aliphatic rings. The quantitative estimate of drug-likeness (QED) is 0.886. The molecule has 1 aliphatic carbocycles. The highest BCUT2D eigenvalue weighted by atomic mass is 32.2. The third kappa shape index (κ3) is 3.35. The number of hydrogen-bond donors (Lipinski definition) is 1. The van der Waals surface area contributed by atoms with Crippen LogP contribution in [0.25, 0.3) is 0 Å². The summed E-state index contributed by atoms with van der Waals surface area (Å²) in [6.07, 6.45) is 6.43. The summed E-state index contributed by atoms with van der Waals surface area (Å²) in [7, 11) is -3.62. The van der Waals surface area contributed by atoms with Crippen LogP contribution in [0.1, 0.15) is 50.2 Å². The predicted octanol–water partition coefficient (Wildman–Crippen LogP) is 2.24. The van der Waals surface area contributed by atoms with E-state index in [1.807, 2.05) is 19.1 Å². The van der Waals surface area contributed by atoms with Crippen LogP contribution in [0.4, 0.5) is 0 Å². The van der Waals surface area contributed by atoms with Gasteiger partial charge in [-0.3, -0.25) is 4.79 Å². The molecule has 1 heterocycles. The van der Waals surface area contributed by atoms with Crippen molar-refractivity contribution in [2.75, 3.05) is 13.1 Å². The van der Waals surface area contributed by atoms with E-state index in [2.05, 4.69) is 5.32 Å². The Balaban J connectivity index is 1.85. The molecule has 1 amide bonds. The average molecular weight is 350 g/mol. The van der Waals surface area contributed by atoms with Gasteiger partial charge in [0.15, 0.2) is 0 Å². The number of sulfonamides is 1. The molecule has 3 rings (SSSR count). The third-order valence-electron chi connectivity index (χ3n) is 4.98. The van der Waals surface area contributed by atoms with E-state index in [0.717, 1.165) is 37.7 Å². The third-order valence-corrected chi connectivity index (χ3v) is 6.89. The van der Waals surface area contributed by atoms with Crippen molar-refractivity contribution in [2.24, 2.45) is 0 Å². The number of amides is 1. The Hall–Kier alpha value is -1.40. The number of nitrogens with one attached hydrogen (secondary N) is 1. The van der Waals surface area contributed by atoms with E-state index in [1.54, 1.807) is 6.07 Å². The number of nitrogens with zero attached hydrogens (tertiary/aromatic N) is 1. The minimum atomic E-state index is -3.62. The highest BCUT2D eigenvalue weighted by Crippen LogP contribution is 2.29. The Morgan fingerprint density at radius 2 is 1.96 bits per heavy atom. The lowest BCUT2D eigenvalue weighted by molar-refractivity contribution is -0.124. The maximum Gasteiger partial charge on any atom is 0.243 e. The van der Waals surface area contributed by atoms with Crippen molar-refractivity contribution in [1.29, 1.82) is 0 Å². The maximum absolute atomic E-state index is 13.1. The molecule has 1 aliphatic heterocycles. The zero-order chi connectivity index (χ0) is 17.2. The molecule has 6 heteroatoms. The van der Waals surface area contributed by atoms with Gasteiger partial charge in [-0.1, -0.05) is 13.0 Å². The summed E-state index contributed by atoms with van der Waals surface area (Å²) in [5.74, 6) is -0.170. The Bertz CT molecular complexity index is 715. The van der Waals surface area contributed by atoms with Gasteiger partial charge in [0.05, 0.1) is 4.90 Å². The van der Waals surface area contributed by atoms with Gasteiger partial charge in [-0.15, -0.1) is 0 Å². The van der Waals surface area contributed by atoms with Crippen molar-refractivity contribution >= 4 is 15.9 Å². The summed E-state index contributed by atoms with van der Waals surface area (Å²) < 4.78 is 27.5. The summed E-state index contributed by atoms with van der Waals surface area (Å²) in [6, 6.07) is 4.91. The predicted molar refractivity (Wildman–Crippen MR) is 93.3 cm³/mol. The Kier molecular flexibility index (Phi) is 5.25. The molecule has 5 nitrogen and oxygen atoms in total. The fraction of sp³-hybridized carbons (Fsp3) is 0.611. The summed E-state index contributed by atoms with van der Waals surface area (Å²) in [5, 5.41) is 2.83. The first-order valence-electron chi connectivity index (χ1n) is 8.95. The number of carbonyl (C=O) groups is 1. The molecule has 0 bridgehead atoms. The Labute approximate surface area is 144 Å². The van der Waals surface area contributed by atoms with Gasteiger partial charge in [-0.25, -0.2) is 8.42 Å². The topological polar surface area (TPSA) is 66.5 Å². The Morgan fingerprint density at radius 3 is 2.71 bits per heavy atom. The van der Waals surface area contributed by atoms with E-state index in [4.69, 9.17) is 0 Å². The molecule has 0 aromatic heterocycles. The zero-order valence-corrected chi connectivity index (χ0v) is 15.1. The summed E-state index contributed by atoms with van der Waals surface area (Å²) in [5.41, 5.74) is 2.41. The summed E-state index contributed by atoms with van der Waals surface area (Å²) >= 11 is 0. The first-order chi connectivity index (χ1) is 11.5. The van der Waals surface area contributed by atoms with Crippen LogP contribution in [-0.4, -0.2) is 37.8 Å². The van der Waals surface area contributed by atoms with Crippen molar-refractivity contribution in [3.05, 3.63) is 29.3 Å². The number of carbonyl (C=O) groups excluding carboxylic acids is 1. The summed E-state index contributed by atoms with van der Waals surface area (Å²) in [4.78, 5) is 12.6. The number of fused-ring (bicyclic) bond motifs is 1. The first kappa shape index (κ1) is 17.4. The van der Waals surface area contributed by atoms with Gasteiger partial charge in [0.25, 0.3) is 0 Å². The van der Waals surface area contributed by atoms with Gasteiger partial charge in [-0.05, 0) is 68.2 Å². The lowest BCUT2D eigenvalue weighted by Gasteiger charge is -2.24. The van der Waals surface area contributed by atoms with Gasteiger partial charge in [-0.2, -0.15) is 4.31 Å². The van der Waals surface area contributed by atoms with E-state index >= 15 is 0 Å². The molecule has 0 unspecified atom stereocenters. The van der Waals surface area contributed by atoms with Crippen molar-refractivity contribution in [1.82, 2.24) is 9.62 Å². The number of benzene rings is 1. The highest BCUT2D eigenvalue weighted by Gasteiger charge is 2.39. The van der Waals surface area contributed by atoms with Crippen LogP contribution in [0.3, 0.4) is 0 Å². The normalized spacial score (nSPS) is 21.5. The maximum atomic E-state index is 13.1. The van der Waals surface area contributed by atoms with Crippen LogP contribution in [-0.2, 0) is 27.7 Å². The first-order valence-corrected chi connectivity index (χ1v) is 10.4. The van der Waals surface area contributed by atoms with Crippen molar-refractivity contribution in [2.45, 2.75) is 62.8 Å². The van der Waals surface area contributed by atoms with Crippen molar-refractivity contribution in [3.63, 3.8) is 0 Å². The van der Waals surface area contributed by atoms with Crippen LogP contribution in [0.2, 0.25) is 0 Å². The Morgan fingerprint density at radius 1 is 1.21 bits per heavy atom. The van der Waals surface area contributed by atoms with Gasteiger partial charge >= 0.3 is 0 Å². The fourth-order valence-electron chi connectivity index (χ4n) is 3.66. The molecular weight excluding hydrogens is 324 g/mol. The molecule has 1 aromatic carbocycles. The second kappa shape index (κ2) is 7.23. The fourth-order valence-corrected chi connectivity index (χ4v) is 5.37. The molecule has 0 saturated carbocycles. The standard InChI is InChI=1S/C18H26N2O3S/c1-2-11-19-18(21)17-8-5-12-20(17)24(22,23)16-10-9-14-6-3-4-7-15(14)13-16/h9-10,13,17H,2-8,11-12H2,1H3,(H,19,21)/t17-/m1/s1. The lowest BCUT2D eigenvalue weighted by atomic mass is 9.92. The molecule has 1 fully saturated rings. The van der Waals surface area contributed by atoms with E-state index in [1.165, 1.54) is 16.3 Å². The largest absolute Gasteiger partial charge is 0.355 e. The number of rotatable bonds is 5. The average Bonchev–Trinajstić information content (AvgIpc) is 3.10. The van der Waals surface area contributed by atoms with E-state index in [0.29, 0.717) is 24.4 Å². The molecule has 0 spiro atoms. The van der Waals surface area contributed by atoms with Gasteiger partial charge in [0.2, 0.25) is 15.9 Å². The SMILES string of the molecule is CCCNC(=O)[C@H]1CCCN1S(=O)(=O)c1ccc2c(c1)CCCC2. The van der Waals surface area contributed by atoms with Gasteiger partial charge < -0.3 is 5.32 Å². The smallest absolute Gasteiger partial charge is 0.243 e. The molecule has 0 radical (unpaired) electrons. The molecule has 1 saturated heterocycles. The number of hydrogen-bond acceptors (Lipinski definition) is 3. The minimum absolute atomic E-state index is 0.170. The number of aryl methyl sites for hydroxylation is 2. The molecule has 132 valence electrons. The second-order valence-corrected chi connectivity index (χ2v) is 8.59. The van der Waals surface area contributed by atoms with E-state index in [9.17, 15) is 13.2 Å². The van der Waals surface area contributed by atoms with Crippen LogP contribution in [0, 0.1) is 0 Å². The van der Waals surface area contributed by atoms with Crippen molar-refractivity contribution in [3.8, 4) is 0 Å². The van der Waals surface area contributed by atoms with Gasteiger partial charge in [0.1, 0.15) is 6.04 Å². The van der Waals surface area contributed by atoms with Crippen LogP contribution in [0.5, 0.6) is 0 Å². The van der Waals surface area contributed by atoms with E-state index in [-0.39, 0.29) is 5.91 Å². The lowest BCUT2D eigenvalue weighted by Crippen LogP contribution is -2.46. The monoisotopic (exact) mass is 350 g/mol. The molecular formula is C18H26N2O3S. The summed E-state index contributed by atoms with van der Waals surface area (Å²) in [6.45, 7) is 2.99. The molecule has 1 N–H and O–H groups in total. The molecule has 1 aromatic rings. The molecule has 24 heavy (non-hydrogen) atoms. The van der Waals surface area contributed by atoms with E-state index < -0.39 is 16.1 Å². The molecule has 1 atom stereocenters. The van der Waals surface area contributed by atoms with Crippen LogP contribution in [0.15, 0.2) is 23.1 Å². The van der Waals surface area contributed by atoms with Crippen molar-refractivity contribution < 1.29 is 13.2 Å². The minimum Gasteiger partial charge on any atom is -0.355 e.